The molecule has 1 fully saturated rings. The number of hydrazine groups is 1. The second-order valence-electron chi connectivity index (χ2n) is 8.23. The topological polar surface area (TPSA) is 64.5 Å². The molecule has 180 valence electrons. The summed E-state index contributed by atoms with van der Waals surface area (Å²) in [4.78, 5) is 28.2. The Balaban J connectivity index is 1.66. The Labute approximate surface area is 215 Å². The maximum absolute atomic E-state index is 13.0. The Morgan fingerprint density at radius 3 is 2.09 bits per heavy atom. The Morgan fingerprint density at radius 2 is 1.51 bits per heavy atom. The summed E-state index contributed by atoms with van der Waals surface area (Å²) in [5.74, 6) is -0.658. The molecule has 35 heavy (non-hydrogen) atoms. The zero-order valence-electron chi connectivity index (χ0n) is 19.5. The molecular formula is C27H27Cl2N4O2+. The van der Waals surface area contributed by atoms with Crippen LogP contribution in [0.25, 0.3) is 0 Å². The van der Waals surface area contributed by atoms with Gasteiger partial charge < -0.3 is 10.2 Å². The molecule has 0 aromatic heterocycles. The molecule has 8 heteroatoms. The summed E-state index contributed by atoms with van der Waals surface area (Å²) in [5, 5.41) is 4.01. The minimum Gasteiger partial charge on any atom is -0.372 e. The lowest BCUT2D eigenvalue weighted by Gasteiger charge is -2.20. The van der Waals surface area contributed by atoms with Crippen molar-refractivity contribution in [2.75, 3.05) is 18.0 Å². The number of carbonyl (C=O) groups excluding carboxylic acids is 2. The fourth-order valence-corrected chi connectivity index (χ4v) is 4.44. The Bertz CT molecular complexity index is 1220. The zero-order valence-corrected chi connectivity index (χ0v) is 21.1. The molecule has 1 heterocycles. The third-order valence-corrected chi connectivity index (χ3v) is 6.56. The van der Waals surface area contributed by atoms with Gasteiger partial charge in [0, 0.05) is 45.5 Å². The van der Waals surface area contributed by atoms with Gasteiger partial charge in [0.15, 0.2) is 6.04 Å². The van der Waals surface area contributed by atoms with E-state index in [1.54, 1.807) is 41.1 Å². The lowest BCUT2D eigenvalue weighted by atomic mass is 9.99. The van der Waals surface area contributed by atoms with Crippen molar-refractivity contribution in [3.05, 3.63) is 99.5 Å². The summed E-state index contributed by atoms with van der Waals surface area (Å²) >= 11 is 12.0. The molecular weight excluding hydrogens is 483 g/mol. The van der Waals surface area contributed by atoms with Gasteiger partial charge in [0.05, 0.1) is 0 Å². The summed E-state index contributed by atoms with van der Waals surface area (Å²) in [5.41, 5.74) is 6.22. The van der Waals surface area contributed by atoms with E-state index in [1.807, 2.05) is 30.5 Å². The summed E-state index contributed by atoms with van der Waals surface area (Å²) < 4.78 is 1.74. The van der Waals surface area contributed by atoms with Gasteiger partial charge in [-0.05, 0) is 74.5 Å². The summed E-state index contributed by atoms with van der Waals surface area (Å²) in [7, 11) is 0. The van der Waals surface area contributed by atoms with Crippen LogP contribution in [0.4, 0.5) is 5.69 Å². The highest BCUT2D eigenvalue weighted by molar-refractivity contribution is 6.30. The maximum atomic E-state index is 13.0. The number of hydrogen-bond acceptors (Lipinski definition) is 3. The van der Waals surface area contributed by atoms with Crippen molar-refractivity contribution in [2.24, 2.45) is 0 Å². The molecule has 6 nitrogen and oxygen atoms in total. The second-order valence-corrected chi connectivity index (χ2v) is 9.10. The summed E-state index contributed by atoms with van der Waals surface area (Å²) in [6.07, 6.45) is 1.87. The van der Waals surface area contributed by atoms with Crippen LogP contribution >= 0.6 is 23.2 Å². The largest absolute Gasteiger partial charge is 0.372 e. The van der Waals surface area contributed by atoms with Gasteiger partial charge in [-0.1, -0.05) is 35.3 Å². The summed E-state index contributed by atoms with van der Waals surface area (Å²) in [6.45, 7) is 6.10. The maximum Gasteiger partial charge on any atom is 0.304 e. The van der Waals surface area contributed by atoms with E-state index in [2.05, 4.69) is 41.6 Å². The molecule has 1 saturated heterocycles. The van der Waals surface area contributed by atoms with Gasteiger partial charge in [-0.2, -0.15) is 0 Å². The van der Waals surface area contributed by atoms with Gasteiger partial charge in [-0.15, -0.1) is 10.1 Å². The normalized spacial score (nSPS) is 18.4. The third kappa shape index (κ3) is 5.66. The molecule has 0 aliphatic carbocycles. The summed E-state index contributed by atoms with van der Waals surface area (Å²) in [6, 6.07) is 20.7. The smallest absolute Gasteiger partial charge is 0.304 e. The minimum absolute atomic E-state index is 0.303. The standard InChI is InChI=1S/C27H26Cl2N4O2/c1-3-32(4-2)23-15-5-18(6-16-23)17-33-25(19-7-11-21(28)12-8-19)24(27(35)31-33)30-26(34)20-9-13-22(29)14-10-20/h5-17,24-25H,3-4H2,1-2H3,(H-,30,31,34,35)/p+1/t24-,25+/m1/s1. The molecule has 1 aliphatic rings. The predicted molar refractivity (Wildman–Crippen MR) is 140 cm³/mol. The van der Waals surface area contributed by atoms with Crippen molar-refractivity contribution in [1.82, 2.24) is 10.7 Å². The molecule has 3 aromatic rings. The highest BCUT2D eigenvalue weighted by Crippen LogP contribution is 2.27. The molecule has 0 bridgehead atoms. The molecule has 0 saturated carbocycles. The number of hydrogen-bond donors (Lipinski definition) is 2. The van der Waals surface area contributed by atoms with Crippen LogP contribution in [0.15, 0.2) is 72.8 Å². The van der Waals surface area contributed by atoms with Crippen LogP contribution in [0.3, 0.4) is 0 Å². The first-order valence-corrected chi connectivity index (χ1v) is 12.3. The van der Waals surface area contributed by atoms with Crippen LogP contribution in [-0.2, 0) is 4.79 Å². The van der Waals surface area contributed by atoms with Crippen LogP contribution in [-0.4, -0.2) is 41.8 Å². The van der Waals surface area contributed by atoms with Crippen LogP contribution in [0.2, 0.25) is 10.0 Å². The first kappa shape index (κ1) is 24.8. The number of rotatable bonds is 7. The van der Waals surface area contributed by atoms with E-state index in [4.69, 9.17) is 23.2 Å². The van der Waals surface area contributed by atoms with E-state index in [0.717, 1.165) is 29.9 Å². The molecule has 0 unspecified atom stereocenters. The van der Waals surface area contributed by atoms with E-state index in [0.29, 0.717) is 15.6 Å². The van der Waals surface area contributed by atoms with Gasteiger partial charge in [0.25, 0.3) is 5.91 Å². The number of anilines is 1. The van der Waals surface area contributed by atoms with Crippen molar-refractivity contribution in [3.63, 3.8) is 0 Å². The molecule has 1 aliphatic heterocycles. The van der Waals surface area contributed by atoms with Crippen molar-refractivity contribution in [2.45, 2.75) is 25.9 Å². The van der Waals surface area contributed by atoms with Gasteiger partial charge in [0.1, 0.15) is 0 Å². The molecule has 2 atom stereocenters. The fourth-order valence-electron chi connectivity index (χ4n) is 4.19. The molecule has 0 radical (unpaired) electrons. The molecule has 4 rings (SSSR count). The first-order chi connectivity index (χ1) is 16.9. The van der Waals surface area contributed by atoms with E-state index < -0.39 is 12.1 Å². The second kappa shape index (κ2) is 10.9. The highest BCUT2D eigenvalue weighted by atomic mass is 35.5. The van der Waals surface area contributed by atoms with Gasteiger partial charge >= 0.3 is 5.91 Å². The third-order valence-electron chi connectivity index (χ3n) is 6.05. The van der Waals surface area contributed by atoms with Crippen LogP contribution in [0.1, 0.15) is 41.4 Å². The van der Waals surface area contributed by atoms with E-state index in [1.165, 1.54) is 0 Å². The number of halogens is 2. The molecule has 3 aromatic carbocycles. The Hall–Kier alpha value is -3.35. The van der Waals surface area contributed by atoms with Crippen molar-refractivity contribution < 1.29 is 14.3 Å². The zero-order chi connectivity index (χ0) is 24.9. The van der Waals surface area contributed by atoms with Gasteiger partial charge in [0.2, 0.25) is 12.3 Å². The van der Waals surface area contributed by atoms with E-state index in [-0.39, 0.29) is 11.8 Å². The van der Waals surface area contributed by atoms with Gasteiger partial charge in [-0.25, -0.2) is 0 Å². The van der Waals surface area contributed by atoms with Crippen LogP contribution < -0.4 is 15.6 Å². The lowest BCUT2D eigenvalue weighted by Crippen LogP contribution is -2.42. The number of carbonyl (C=O) groups is 2. The number of amides is 2. The quantitative estimate of drug-likeness (QED) is 0.447. The van der Waals surface area contributed by atoms with E-state index >= 15 is 0 Å². The molecule has 0 spiro atoms. The Morgan fingerprint density at radius 1 is 0.943 bits per heavy atom. The van der Waals surface area contributed by atoms with Crippen molar-refractivity contribution in [3.8, 4) is 0 Å². The number of benzene rings is 3. The van der Waals surface area contributed by atoms with Crippen LogP contribution in [0.5, 0.6) is 0 Å². The predicted octanol–water partition coefficient (Wildman–Crippen LogP) is 4.86. The van der Waals surface area contributed by atoms with Crippen LogP contribution in [0, 0.1) is 0 Å². The molecule has 2 amide bonds. The van der Waals surface area contributed by atoms with Gasteiger partial charge in [-0.3, -0.25) is 9.59 Å². The average Bonchev–Trinajstić information content (AvgIpc) is 3.16. The van der Waals surface area contributed by atoms with Crippen molar-refractivity contribution >= 4 is 46.9 Å². The lowest BCUT2D eigenvalue weighted by molar-refractivity contribution is -0.596. The Kier molecular flexibility index (Phi) is 7.73. The number of hydrazone groups is 1. The minimum atomic E-state index is -0.814. The fraction of sp³-hybridized carbons (Fsp3) is 0.222. The first-order valence-electron chi connectivity index (χ1n) is 11.5. The number of nitrogens with one attached hydrogen (secondary N) is 2. The van der Waals surface area contributed by atoms with Crippen molar-refractivity contribution in [1.29, 1.82) is 0 Å². The highest BCUT2D eigenvalue weighted by Gasteiger charge is 2.47. The number of nitrogens with zero attached hydrogens (tertiary/aromatic N) is 2. The SMILES string of the molecule is CCN(CC)c1ccc(/C=[N+]2\NC(=O)[C@H](NC(=O)c3ccc(Cl)cc3)[C@@H]2c2ccc(Cl)cc2)cc1. The average molecular weight is 510 g/mol. The monoisotopic (exact) mass is 509 g/mol. The molecule has 2 N–H and O–H groups in total. The van der Waals surface area contributed by atoms with E-state index in [9.17, 15) is 9.59 Å².